The Morgan fingerprint density at radius 1 is 1.14 bits per heavy atom. The number of carbonyl (C=O) groups excluding carboxylic acids is 1. The van der Waals surface area contributed by atoms with E-state index in [1.165, 1.54) is 44.9 Å². The minimum absolute atomic E-state index is 0. The van der Waals surface area contributed by atoms with Crippen LogP contribution in [0.15, 0.2) is 0 Å². The smallest absolute Gasteiger partial charge is 0.228 e. The Balaban J connectivity index is 0.00000132. The molecule has 4 bridgehead atoms. The van der Waals surface area contributed by atoms with Crippen molar-refractivity contribution in [1.82, 2.24) is 10.2 Å². The maximum atomic E-state index is 13.2. The van der Waals surface area contributed by atoms with Gasteiger partial charge < -0.3 is 10.2 Å². The maximum absolute atomic E-state index is 13.2. The van der Waals surface area contributed by atoms with E-state index >= 15 is 0 Å². The maximum Gasteiger partial charge on any atom is 0.228 e. The highest BCUT2D eigenvalue weighted by Gasteiger charge is 2.55. The van der Waals surface area contributed by atoms with Gasteiger partial charge in [0.05, 0.1) is 5.41 Å². The van der Waals surface area contributed by atoms with E-state index in [2.05, 4.69) is 10.2 Å². The molecule has 5 aliphatic rings. The lowest BCUT2D eigenvalue weighted by molar-refractivity contribution is -0.156. The number of carbonyl (C=O) groups is 1. The lowest BCUT2D eigenvalue weighted by Gasteiger charge is -2.56. The molecule has 5 rings (SSSR count). The van der Waals surface area contributed by atoms with Crippen molar-refractivity contribution in [2.24, 2.45) is 29.1 Å². The second-order valence-electron chi connectivity index (χ2n) is 8.16. The van der Waals surface area contributed by atoms with Crippen LogP contribution in [0.5, 0.6) is 0 Å². The zero-order valence-electron chi connectivity index (χ0n) is 13.1. The molecule has 0 radical (unpaired) electrons. The highest BCUT2D eigenvalue weighted by Crippen LogP contribution is 2.60. The molecule has 1 N–H and O–H groups in total. The Bertz CT molecular complexity index is 376. The van der Waals surface area contributed by atoms with Gasteiger partial charge in [-0.3, -0.25) is 4.79 Å². The fraction of sp³-hybridized carbons (Fsp3) is 0.941. The molecule has 1 heterocycles. The molecule has 0 spiro atoms. The summed E-state index contributed by atoms with van der Waals surface area (Å²) in [7, 11) is 2.02. The van der Waals surface area contributed by atoms with Crippen LogP contribution in [0.2, 0.25) is 0 Å². The number of hydrogen-bond donors (Lipinski definition) is 1. The molecule has 1 aliphatic heterocycles. The summed E-state index contributed by atoms with van der Waals surface area (Å²) in [5, 5.41) is 3.27. The predicted molar refractivity (Wildman–Crippen MR) is 86.5 cm³/mol. The molecule has 5 fully saturated rings. The summed E-state index contributed by atoms with van der Waals surface area (Å²) in [4.78, 5) is 15.4. The Morgan fingerprint density at radius 3 is 2.24 bits per heavy atom. The van der Waals surface area contributed by atoms with Crippen molar-refractivity contribution in [3.8, 4) is 0 Å². The van der Waals surface area contributed by atoms with Crippen molar-refractivity contribution in [1.29, 1.82) is 0 Å². The first-order valence-corrected chi connectivity index (χ1v) is 8.62. The van der Waals surface area contributed by atoms with Gasteiger partial charge in [0.15, 0.2) is 0 Å². The van der Waals surface area contributed by atoms with E-state index in [-0.39, 0.29) is 17.8 Å². The van der Waals surface area contributed by atoms with Crippen molar-refractivity contribution >= 4 is 18.3 Å². The number of nitrogens with one attached hydrogen (secondary N) is 1. The first-order valence-electron chi connectivity index (χ1n) is 8.62. The third kappa shape index (κ3) is 2.61. The number of rotatable bonds is 3. The third-order valence-corrected chi connectivity index (χ3v) is 6.56. The summed E-state index contributed by atoms with van der Waals surface area (Å²) in [6, 6.07) is 0. The van der Waals surface area contributed by atoms with E-state index in [9.17, 15) is 4.79 Å². The van der Waals surface area contributed by atoms with E-state index in [1.54, 1.807) is 0 Å². The summed E-state index contributed by atoms with van der Waals surface area (Å²) < 4.78 is 0. The standard InChI is InChI=1S/C17H28N2O.ClH/c1-18-10-12-2-3-19(11-12)16(20)17-7-13-4-14(8-17)6-15(5-13)9-17;/h12-15,18H,2-11H2,1H3;1H. The Kier molecular flexibility index (Phi) is 4.26. The molecular weight excluding hydrogens is 284 g/mol. The molecule has 4 heteroatoms. The first-order chi connectivity index (χ1) is 9.68. The highest BCUT2D eigenvalue weighted by atomic mass is 35.5. The van der Waals surface area contributed by atoms with Crippen LogP contribution in [0.4, 0.5) is 0 Å². The molecule has 0 aromatic heterocycles. The number of halogens is 1. The fourth-order valence-corrected chi connectivity index (χ4v) is 6.18. The fourth-order valence-electron chi connectivity index (χ4n) is 6.18. The largest absolute Gasteiger partial charge is 0.342 e. The zero-order chi connectivity index (χ0) is 13.7. The van der Waals surface area contributed by atoms with Gasteiger partial charge in [-0.15, -0.1) is 12.4 Å². The minimum Gasteiger partial charge on any atom is -0.342 e. The Morgan fingerprint density at radius 2 is 1.71 bits per heavy atom. The SMILES string of the molecule is CNCC1CCN(C(=O)C23CC4CC(CC(C4)C2)C3)C1.Cl. The summed E-state index contributed by atoms with van der Waals surface area (Å²) in [5.74, 6) is 3.84. The van der Waals surface area contributed by atoms with Crippen LogP contribution >= 0.6 is 12.4 Å². The molecule has 4 saturated carbocycles. The molecule has 0 aromatic carbocycles. The number of hydrogen-bond acceptors (Lipinski definition) is 2. The lowest BCUT2D eigenvalue weighted by Crippen LogP contribution is -2.54. The van der Waals surface area contributed by atoms with Gasteiger partial charge in [0.2, 0.25) is 5.91 Å². The van der Waals surface area contributed by atoms with E-state index in [0.717, 1.165) is 37.4 Å². The molecule has 1 atom stereocenters. The van der Waals surface area contributed by atoms with Gasteiger partial charge in [0.25, 0.3) is 0 Å². The second kappa shape index (κ2) is 5.73. The van der Waals surface area contributed by atoms with Crippen molar-refractivity contribution in [3.05, 3.63) is 0 Å². The van der Waals surface area contributed by atoms with Gasteiger partial charge in [-0.2, -0.15) is 0 Å². The Labute approximate surface area is 134 Å². The zero-order valence-corrected chi connectivity index (χ0v) is 14.0. The van der Waals surface area contributed by atoms with Crippen molar-refractivity contribution in [2.75, 3.05) is 26.7 Å². The van der Waals surface area contributed by atoms with Gasteiger partial charge in [0.1, 0.15) is 0 Å². The van der Waals surface area contributed by atoms with Gasteiger partial charge >= 0.3 is 0 Å². The highest BCUT2D eigenvalue weighted by molar-refractivity contribution is 5.85. The normalized spacial score (nSPS) is 44.0. The van der Waals surface area contributed by atoms with Crippen LogP contribution in [-0.2, 0) is 4.79 Å². The van der Waals surface area contributed by atoms with E-state index in [4.69, 9.17) is 0 Å². The average molecular weight is 313 g/mol. The number of likely N-dealkylation sites (tertiary alicyclic amines) is 1. The third-order valence-electron chi connectivity index (χ3n) is 6.56. The van der Waals surface area contributed by atoms with Crippen LogP contribution in [0.25, 0.3) is 0 Å². The molecule has 3 nitrogen and oxygen atoms in total. The molecule has 1 unspecified atom stereocenters. The second-order valence-corrected chi connectivity index (χ2v) is 8.16. The Hall–Kier alpha value is -0.280. The number of amides is 1. The van der Waals surface area contributed by atoms with Crippen molar-refractivity contribution < 1.29 is 4.79 Å². The number of nitrogens with zero attached hydrogens (tertiary/aromatic N) is 1. The van der Waals surface area contributed by atoms with Crippen LogP contribution in [0.3, 0.4) is 0 Å². The van der Waals surface area contributed by atoms with Gasteiger partial charge in [0, 0.05) is 13.1 Å². The van der Waals surface area contributed by atoms with Crippen LogP contribution in [0, 0.1) is 29.1 Å². The van der Waals surface area contributed by atoms with Gasteiger partial charge in [-0.1, -0.05) is 0 Å². The molecule has 4 aliphatic carbocycles. The summed E-state index contributed by atoms with van der Waals surface area (Å²) in [6.07, 6.45) is 9.11. The van der Waals surface area contributed by atoms with E-state index in [0.29, 0.717) is 11.8 Å². The monoisotopic (exact) mass is 312 g/mol. The summed E-state index contributed by atoms with van der Waals surface area (Å²) in [5.41, 5.74) is 0.0727. The minimum atomic E-state index is 0. The van der Waals surface area contributed by atoms with Crippen molar-refractivity contribution in [2.45, 2.75) is 44.9 Å². The van der Waals surface area contributed by atoms with Gasteiger partial charge in [-0.05, 0) is 82.2 Å². The van der Waals surface area contributed by atoms with E-state index < -0.39 is 0 Å². The first kappa shape index (κ1) is 15.6. The molecule has 120 valence electrons. The summed E-state index contributed by atoms with van der Waals surface area (Å²) >= 11 is 0. The average Bonchev–Trinajstić information content (AvgIpc) is 2.85. The molecule has 0 aromatic rings. The van der Waals surface area contributed by atoms with Crippen LogP contribution in [-0.4, -0.2) is 37.5 Å². The van der Waals surface area contributed by atoms with Crippen LogP contribution < -0.4 is 5.32 Å². The van der Waals surface area contributed by atoms with Crippen molar-refractivity contribution in [3.63, 3.8) is 0 Å². The quantitative estimate of drug-likeness (QED) is 0.869. The van der Waals surface area contributed by atoms with Crippen LogP contribution in [0.1, 0.15) is 44.9 Å². The molecule has 1 amide bonds. The molecular formula is C17H29ClN2O. The molecule has 1 saturated heterocycles. The molecule has 21 heavy (non-hydrogen) atoms. The topological polar surface area (TPSA) is 32.3 Å². The summed E-state index contributed by atoms with van der Waals surface area (Å²) in [6.45, 7) is 3.07. The van der Waals surface area contributed by atoms with Gasteiger partial charge in [-0.25, -0.2) is 0 Å². The lowest BCUT2D eigenvalue weighted by atomic mass is 9.49. The predicted octanol–water partition coefficient (Wildman–Crippen LogP) is 2.69. The van der Waals surface area contributed by atoms with E-state index in [1.807, 2.05) is 7.05 Å².